The van der Waals surface area contributed by atoms with E-state index in [1.807, 2.05) is 26.8 Å². The summed E-state index contributed by atoms with van der Waals surface area (Å²) >= 11 is 0. The van der Waals surface area contributed by atoms with Crippen LogP contribution in [0.25, 0.3) is 0 Å². The van der Waals surface area contributed by atoms with Crippen molar-refractivity contribution in [2.75, 3.05) is 19.6 Å². The van der Waals surface area contributed by atoms with Gasteiger partial charge < -0.3 is 15.0 Å². The van der Waals surface area contributed by atoms with Crippen molar-refractivity contribution < 1.29 is 14.3 Å². The summed E-state index contributed by atoms with van der Waals surface area (Å²) in [5.74, 6) is -0.156. The fourth-order valence-corrected chi connectivity index (χ4v) is 1.85. The first-order valence-corrected chi connectivity index (χ1v) is 6.88. The molecule has 1 aliphatic rings. The van der Waals surface area contributed by atoms with Crippen LogP contribution < -0.4 is 5.32 Å². The van der Waals surface area contributed by atoms with Crippen molar-refractivity contribution in [2.24, 2.45) is 0 Å². The van der Waals surface area contributed by atoms with Crippen molar-refractivity contribution in [3.05, 3.63) is 24.3 Å². The highest BCUT2D eigenvalue weighted by atomic mass is 16.6. The molecule has 0 atom stereocenters. The third kappa shape index (κ3) is 5.91. The molecule has 0 spiro atoms. The lowest BCUT2D eigenvalue weighted by atomic mass is 10.1. The topological polar surface area (TPSA) is 58.6 Å². The molecule has 0 bridgehead atoms. The fraction of sp³-hybridized carbons (Fsp3) is 0.600. The number of hydrogen-bond acceptors (Lipinski definition) is 3. The second kappa shape index (κ2) is 7.12. The average Bonchev–Trinajstić information content (AvgIpc) is 2.37. The van der Waals surface area contributed by atoms with Gasteiger partial charge in [-0.05, 0) is 39.7 Å². The van der Waals surface area contributed by atoms with Crippen LogP contribution in [0.5, 0.6) is 0 Å². The van der Waals surface area contributed by atoms with E-state index in [9.17, 15) is 9.59 Å². The van der Waals surface area contributed by atoms with Gasteiger partial charge in [-0.3, -0.25) is 4.79 Å². The number of carbonyl (C=O) groups excluding carboxylic acids is 2. The highest BCUT2D eigenvalue weighted by Crippen LogP contribution is 2.16. The second-order valence-corrected chi connectivity index (χ2v) is 5.78. The maximum atomic E-state index is 11.9. The van der Waals surface area contributed by atoms with E-state index in [0.29, 0.717) is 19.6 Å². The van der Waals surface area contributed by atoms with Crippen LogP contribution in [0.15, 0.2) is 24.3 Å². The molecule has 1 N–H and O–H groups in total. The Kier molecular flexibility index (Phi) is 5.80. The van der Waals surface area contributed by atoms with E-state index in [-0.39, 0.29) is 12.0 Å². The second-order valence-electron chi connectivity index (χ2n) is 5.78. The van der Waals surface area contributed by atoms with Crippen molar-refractivity contribution in [1.82, 2.24) is 10.2 Å². The summed E-state index contributed by atoms with van der Waals surface area (Å²) in [6.45, 7) is 10.8. The molecule has 0 aromatic heterocycles. The predicted octanol–water partition coefficient (Wildman–Crippen LogP) is 2.25. The molecule has 112 valence electrons. The standard InChI is InChI=1S/C15H24N2O3/c1-5-13(18)16-9-6-12-7-10-17(11-8-12)14(19)20-15(2,3)4/h5,7H,1,6,8-11H2,2-4H3,(H,16,18). The van der Waals surface area contributed by atoms with Crippen LogP contribution in [0, 0.1) is 0 Å². The summed E-state index contributed by atoms with van der Waals surface area (Å²) in [6, 6.07) is 0. The molecule has 1 heterocycles. The van der Waals surface area contributed by atoms with Crippen LogP contribution >= 0.6 is 0 Å². The third-order valence-electron chi connectivity index (χ3n) is 2.89. The zero-order chi connectivity index (χ0) is 15.2. The quantitative estimate of drug-likeness (QED) is 0.634. The minimum absolute atomic E-state index is 0.156. The van der Waals surface area contributed by atoms with Gasteiger partial charge in [0.05, 0.1) is 0 Å². The van der Waals surface area contributed by atoms with Gasteiger partial charge >= 0.3 is 6.09 Å². The molecule has 20 heavy (non-hydrogen) atoms. The summed E-state index contributed by atoms with van der Waals surface area (Å²) in [5.41, 5.74) is 0.796. The monoisotopic (exact) mass is 280 g/mol. The SMILES string of the molecule is C=CC(=O)NCCC1=CCN(C(=O)OC(C)(C)C)CC1. The molecule has 2 amide bonds. The fourth-order valence-electron chi connectivity index (χ4n) is 1.85. The zero-order valence-electron chi connectivity index (χ0n) is 12.6. The van der Waals surface area contributed by atoms with Gasteiger partial charge in [0.25, 0.3) is 0 Å². The van der Waals surface area contributed by atoms with E-state index >= 15 is 0 Å². The number of hydrogen-bond donors (Lipinski definition) is 1. The highest BCUT2D eigenvalue weighted by molar-refractivity contribution is 5.86. The summed E-state index contributed by atoms with van der Waals surface area (Å²) in [5, 5.41) is 2.74. The van der Waals surface area contributed by atoms with Crippen molar-refractivity contribution in [3.63, 3.8) is 0 Å². The van der Waals surface area contributed by atoms with Crippen molar-refractivity contribution in [2.45, 2.75) is 39.2 Å². The van der Waals surface area contributed by atoms with Gasteiger partial charge in [-0.25, -0.2) is 4.79 Å². The number of nitrogens with zero attached hydrogens (tertiary/aromatic N) is 1. The molecule has 0 aliphatic carbocycles. The molecule has 0 aromatic rings. The lowest BCUT2D eigenvalue weighted by Crippen LogP contribution is -2.39. The van der Waals surface area contributed by atoms with E-state index in [4.69, 9.17) is 4.74 Å². The molecular weight excluding hydrogens is 256 g/mol. The van der Waals surface area contributed by atoms with Gasteiger partial charge in [0.2, 0.25) is 5.91 Å². The van der Waals surface area contributed by atoms with E-state index < -0.39 is 5.60 Å². The van der Waals surface area contributed by atoms with Crippen LogP contribution in [0.2, 0.25) is 0 Å². The van der Waals surface area contributed by atoms with Gasteiger partial charge in [-0.15, -0.1) is 0 Å². The van der Waals surface area contributed by atoms with Gasteiger partial charge in [0.1, 0.15) is 5.60 Å². The Labute approximate surface area is 120 Å². The lowest BCUT2D eigenvalue weighted by Gasteiger charge is -2.29. The molecule has 1 aliphatic heterocycles. The first kappa shape index (κ1) is 16.3. The van der Waals surface area contributed by atoms with Crippen molar-refractivity contribution in [3.8, 4) is 0 Å². The number of nitrogens with one attached hydrogen (secondary N) is 1. The maximum absolute atomic E-state index is 11.9. The van der Waals surface area contributed by atoms with Crippen LogP contribution in [-0.4, -0.2) is 42.1 Å². The summed E-state index contributed by atoms with van der Waals surface area (Å²) < 4.78 is 5.33. The van der Waals surface area contributed by atoms with E-state index in [1.54, 1.807) is 4.90 Å². The molecule has 1 rings (SSSR count). The summed E-state index contributed by atoms with van der Waals surface area (Å²) in [6.07, 6.45) is 4.66. The molecule has 0 radical (unpaired) electrons. The van der Waals surface area contributed by atoms with E-state index in [1.165, 1.54) is 11.6 Å². The molecule has 5 nitrogen and oxygen atoms in total. The number of carbonyl (C=O) groups is 2. The van der Waals surface area contributed by atoms with Crippen molar-refractivity contribution in [1.29, 1.82) is 0 Å². The third-order valence-corrected chi connectivity index (χ3v) is 2.89. The Morgan fingerprint density at radius 1 is 1.50 bits per heavy atom. The van der Waals surface area contributed by atoms with Crippen LogP contribution in [-0.2, 0) is 9.53 Å². The Morgan fingerprint density at radius 2 is 2.20 bits per heavy atom. The summed E-state index contributed by atoms with van der Waals surface area (Å²) in [4.78, 5) is 24.6. The van der Waals surface area contributed by atoms with E-state index in [2.05, 4.69) is 11.9 Å². The minimum Gasteiger partial charge on any atom is -0.444 e. The number of rotatable bonds is 4. The highest BCUT2D eigenvalue weighted by Gasteiger charge is 2.23. The Balaban J connectivity index is 2.35. The van der Waals surface area contributed by atoms with Crippen LogP contribution in [0.3, 0.4) is 0 Å². The first-order valence-electron chi connectivity index (χ1n) is 6.88. The zero-order valence-corrected chi connectivity index (χ0v) is 12.6. The van der Waals surface area contributed by atoms with Gasteiger partial charge in [-0.2, -0.15) is 0 Å². The van der Waals surface area contributed by atoms with Gasteiger partial charge in [0, 0.05) is 19.6 Å². The normalized spacial score (nSPS) is 15.3. The van der Waals surface area contributed by atoms with Gasteiger partial charge in [0.15, 0.2) is 0 Å². The van der Waals surface area contributed by atoms with Crippen LogP contribution in [0.1, 0.15) is 33.6 Å². The molecule has 5 heteroatoms. The van der Waals surface area contributed by atoms with Crippen molar-refractivity contribution >= 4 is 12.0 Å². The average molecular weight is 280 g/mol. The maximum Gasteiger partial charge on any atom is 0.410 e. The molecule has 0 saturated heterocycles. The number of ether oxygens (including phenoxy) is 1. The van der Waals surface area contributed by atoms with E-state index in [0.717, 1.165) is 12.8 Å². The Morgan fingerprint density at radius 3 is 2.70 bits per heavy atom. The summed E-state index contributed by atoms with van der Waals surface area (Å²) in [7, 11) is 0. The lowest BCUT2D eigenvalue weighted by molar-refractivity contribution is -0.116. The smallest absolute Gasteiger partial charge is 0.410 e. The largest absolute Gasteiger partial charge is 0.444 e. The first-order chi connectivity index (χ1) is 9.31. The molecule has 0 saturated carbocycles. The molecule has 0 aromatic carbocycles. The Bertz CT molecular complexity index is 408. The Hall–Kier alpha value is -1.78. The van der Waals surface area contributed by atoms with Gasteiger partial charge in [-0.1, -0.05) is 18.2 Å². The molecular formula is C15H24N2O3. The molecule has 0 fully saturated rings. The molecule has 0 unspecified atom stereocenters. The van der Waals surface area contributed by atoms with Crippen LogP contribution in [0.4, 0.5) is 4.79 Å². The number of amides is 2. The minimum atomic E-state index is -0.462. The predicted molar refractivity (Wildman–Crippen MR) is 78.3 cm³/mol.